The molecule has 6 nitrogen and oxygen atoms in total. The molecule has 3 N–H and O–H groups in total. The van der Waals surface area contributed by atoms with Crippen molar-refractivity contribution in [3.63, 3.8) is 0 Å². The van der Waals surface area contributed by atoms with E-state index in [1.165, 1.54) is 6.07 Å². The monoisotopic (exact) mass is 362 g/mol. The van der Waals surface area contributed by atoms with E-state index in [0.717, 1.165) is 37.2 Å². The van der Waals surface area contributed by atoms with E-state index in [1.54, 1.807) is 0 Å². The molecule has 0 bridgehead atoms. The SMILES string of the molecule is CCc1cc(=O)[nH]c(-c2cccc(NC(=O)C3CCCNC3)c2)n1.Cl. The van der Waals surface area contributed by atoms with Gasteiger partial charge in [-0.2, -0.15) is 0 Å². The Bertz CT molecular complexity index is 785. The highest BCUT2D eigenvalue weighted by atomic mass is 35.5. The zero-order valence-electron chi connectivity index (χ0n) is 14.2. The van der Waals surface area contributed by atoms with Crippen molar-refractivity contribution in [2.75, 3.05) is 18.4 Å². The van der Waals surface area contributed by atoms with E-state index < -0.39 is 0 Å². The number of piperidine rings is 1. The number of carbonyl (C=O) groups is 1. The largest absolute Gasteiger partial charge is 0.326 e. The van der Waals surface area contributed by atoms with Gasteiger partial charge in [0.1, 0.15) is 5.82 Å². The molecule has 2 heterocycles. The smallest absolute Gasteiger partial charge is 0.251 e. The van der Waals surface area contributed by atoms with Gasteiger partial charge < -0.3 is 15.6 Å². The molecule has 0 spiro atoms. The van der Waals surface area contributed by atoms with Crippen LogP contribution in [0, 0.1) is 5.92 Å². The van der Waals surface area contributed by atoms with Crippen LogP contribution in [-0.2, 0) is 11.2 Å². The lowest BCUT2D eigenvalue weighted by molar-refractivity contribution is -0.120. The topological polar surface area (TPSA) is 86.9 Å². The molecule has 25 heavy (non-hydrogen) atoms. The van der Waals surface area contributed by atoms with E-state index >= 15 is 0 Å². The summed E-state index contributed by atoms with van der Waals surface area (Å²) in [6, 6.07) is 8.91. The number of H-pyrrole nitrogens is 1. The third-order valence-corrected chi connectivity index (χ3v) is 4.23. The van der Waals surface area contributed by atoms with Crippen LogP contribution in [0.25, 0.3) is 11.4 Å². The number of hydrogen-bond acceptors (Lipinski definition) is 4. The number of aromatic nitrogens is 2. The van der Waals surface area contributed by atoms with Crippen LogP contribution in [-0.4, -0.2) is 29.0 Å². The minimum Gasteiger partial charge on any atom is -0.326 e. The number of aryl methyl sites for hydroxylation is 1. The van der Waals surface area contributed by atoms with Gasteiger partial charge in [-0.25, -0.2) is 4.98 Å². The highest BCUT2D eigenvalue weighted by molar-refractivity contribution is 5.93. The molecule has 0 saturated carbocycles. The van der Waals surface area contributed by atoms with Crippen LogP contribution in [0.3, 0.4) is 0 Å². The Kier molecular flexibility index (Phi) is 6.73. The summed E-state index contributed by atoms with van der Waals surface area (Å²) < 4.78 is 0. The lowest BCUT2D eigenvalue weighted by Gasteiger charge is -2.22. The minimum atomic E-state index is -0.167. The Labute approximate surface area is 152 Å². The summed E-state index contributed by atoms with van der Waals surface area (Å²) in [6.45, 7) is 3.66. The second kappa shape index (κ2) is 8.78. The molecule has 0 radical (unpaired) electrons. The number of carbonyl (C=O) groups excluding carboxylic acids is 1. The molecule has 0 aliphatic carbocycles. The fourth-order valence-electron chi connectivity index (χ4n) is 2.89. The number of benzene rings is 1. The maximum atomic E-state index is 12.3. The van der Waals surface area contributed by atoms with Gasteiger partial charge in [-0.05, 0) is 37.9 Å². The van der Waals surface area contributed by atoms with Crippen molar-refractivity contribution in [1.29, 1.82) is 0 Å². The minimum absolute atomic E-state index is 0. The highest BCUT2D eigenvalue weighted by Gasteiger charge is 2.20. The molecule has 1 aromatic heterocycles. The molecule has 7 heteroatoms. The van der Waals surface area contributed by atoms with Gasteiger partial charge in [-0.1, -0.05) is 19.1 Å². The molecule has 1 fully saturated rings. The molecular formula is C18H23ClN4O2. The molecule has 1 unspecified atom stereocenters. The number of amides is 1. The van der Waals surface area contributed by atoms with E-state index in [4.69, 9.17) is 0 Å². The molecule has 1 aliphatic rings. The molecule has 3 rings (SSSR count). The maximum absolute atomic E-state index is 12.3. The van der Waals surface area contributed by atoms with Crippen molar-refractivity contribution in [3.05, 3.63) is 46.4 Å². The van der Waals surface area contributed by atoms with E-state index in [9.17, 15) is 9.59 Å². The Hall–Kier alpha value is -2.18. The van der Waals surface area contributed by atoms with Crippen LogP contribution in [0.15, 0.2) is 35.1 Å². The van der Waals surface area contributed by atoms with Crippen molar-refractivity contribution in [3.8, 4) is 11.4 Å². The predicted molar refractivity (Wildman–Crippen MR) is 101 cm³/mol. The molecule has 2 aromatic rings. The number of hydrogen-bond donors (Lipinski definition) is 3. The molecule has 1 atom stereocenters. The Balaban J connectivity index is 0.00000225. The quantitative estimate of drug-likeness (QED) is 0.779. The van der Waals surface area contributed by atoms with Crippen LogP contribution in [0.4, 0.5) is 5.69 Å². The Morgan fingerprint density at radius 3 is 2.92 bits per heavy atom. The number of nitrogens with zero attached hydrogens (tertiary/aromatic N) is 1. The highest BCUT2D eigenvalue weighted by Crippen LogP contribution is 2.20. The first-order valence-corrected chi connectivity index (χ1v) is 8.38. The summed E-state index contributed by atoms with van der Waals surface area (Å²) >= 11 is 0. The Morgan fingerprint density at radius 1 is 1.36 bits per heavy atom. The second-order valence-electron chi connectivity index (χ2n) is 6.05. The van der Waals surface area contributed by atoms with E-state index in [-0.39, 0.29) is 29.8 Å². The van der Waals surface area contributed by atoms with Crippen LogP contribution < -0.4 is 16.2 Å². The zero-order valence-corrected chi connectivity index (χ0v) is 15.0. The lowest BCUT2D eigenvalue weighted by atomic mass is 9.98. The fraction of sp³-hybridized carbons (Fsp3) is 0.389. The predicted octanol–water partition coefficient (Wildman–Crippen LogP) is 2.36. The molecule has 1 saturated heterocycles. The van der Waals surface area contributed by atoms with E-state index in [2.05, 4.69) is 20.6 Å². The molecule has 1 aromatic carbocycles. The van der Waals surface area contributed by atoms with Gasteiger partial charge in [0.2, 0.25) is 5.91 Å². The number of aromatic amines is 1. The number of rotatable bonds is 4. The number of nitrogens with one attached hydrogen (secondary N) is 3. The van der Waals surface area contributed by atoms with E-state index in [0.29, 0.717) is 17.9 Å². The number of halogens is 1. The summed E-state index contributed by atoms with van der Waals surface area (Å²) in [7, 11) is 0. The molecular weight excluding hydrogens is 340 g/mol. The first kappa shape index (κ1) is 19.1. The van der Waals surface area contributed by atoms with Gasteiger partial charge >= 0.3 is 0 Å². The normalized spacial score (nSPS) is 16.8. The van der Waals surface area contributed by atoms with Gasteiger partial charge in [-0.3, -0.25) is 9.59 Å². The maximum Gasteiger partial charge on any atom is 0.251 e. The summed E-state index contributed by atoms with van der Waals surface area (Å²) in [5, 5.41) is 6.21. The second-order valence-corrected chi connectivity index (χ2v) is 6.05. The average Bonchev–Trinajstić information content (AvgIpc) is 2.62. The molecule has 1 aliphatic heterocycles. The molecule has 1 amide bonds. The van der Waals surface area contributed by atoms with Gasteiger partial charge in [0.05, 0.1) is 5.92 Å². The van der Waals surface area contributed by atoms with Crippen LogP contribution in [0.2, 0.25) is 0 Å². The summed E-state index contributed by atoms with van der Waals surface area (Å²) in [5.74, 6) is 0.557. The van der Waals surface area contributed by atoms with Gasteiger partial charge in [0.15, 0.2) is 0 Å². The van der Waals surface area contributed by atoms with Gasteiger partial charge in [0.25, 0.3) is 5.56 Å². The average molecular weight is 363 g/mol. The summed E-state index contributed by atoms with van der Waals surface area (Å²) in [4.78, 5) is 31.3. The Morgan fingerprint density at radius 2 is 2.20 bits per heavy atom. The van der Waals surface area contributed by atoms with Crippen molar-refractivity contribution in [2.24, 2.45) is 5.92 Å². The van der Waals surface area contributed by atoms with E-state index in [1.807, 2.05) is 31.2 Å². The van der Waals surface area contributed by atoms with Crippen LogP contribution in [0.1, 0.15) is 25.5 Å². The van der Waals surface area contributed by atoms with Crippen molar-refractivity contribution < 1.29 is 4.79 Å². The summed E-state index contributed by atoms with van der Waals surface area (Å²) in [5.41, 5.74) is 2.07. The third-order valence-electron chi connectivity index (χ3n) is 4.23. The number of anilines is 1. The van der Waals surface area contributed by atoms with Crippen molar-refractivity contribution >= 4 is 24.0 Å². The third kappa shape index (κ3) is 4.90. The zero-order chi connectivity index (χ0) is 16.9. The van der Waals surface area contributed by atoms with Crippen molar-refractivity contribution in [2.45, 2.75) is 26.2 Å². The first-order chi connectivity index (χ1) is 11.7. The fourth-order valence-corrected chi connectivity index (χ4v) is 2.89. The van der Waals surface area contributed by atoms with Gasteiger partial charge in [0, 0.05) is 29.6 Å². The first-order valence-electron chi connectivity index (χ1n) is 8.38. The van der Waals surface area contributed by atoms with Crippen LogP contribution in [0.5, 0.6) is 0 Å². The van der Waals surface area contributed by atoms with Crippen molar-refractivity contribution in [1.82, 2.24) is 15.3 Å². The summed E-state index contributed by atoms with van der Waals surface area (Å²) in [6.07, 6.45) is 2.63. The van der Waals surface area contributed by atoms with Gasteiger partial charge in [-0.15, -0.1) is 12.4 Å². The van der Waals surface area contributed by atoms with Crippen LogP contribution >= 0.6 is 12.4 Å². The molecule has 134 valence electrons. The standard InChI is InChI=1S/C18H22N4O2.ClH/c1-2-14-10-16(23)22-17(20-14)12-5-3-7-15(9-12)21-18(24)13-6-4-8-19-11-13;/h3,5,7,9-10,13,19H,2,4,6,8,11H2,1H3,(H,21,24)(H,20,22,23);1H. The lowest BCUT2D eigenvalue weighted by Crippen LogP contribution is -2.37.